The molecule has 2 heterocycles. The Morgan fingerprint density at radius 1 is 1.21 bits per heavy atom. The van der Waals surface area contributed by atoms with Crippen molar-refractivity contribution in [2.24, 2.45) is 12.1 Å². The first-order valence-corrected chi connectivity index (χ1v) is 8.47. The van der Waals surface area contributed by atoms with Crippen LogP contribution in [0.4, 0.5) is 5.95 Å². The fraction of sp³-hybridized carbons (Fsp3) is 0.0500. The van der Waals surface area contributed by atoms with Crippen molar-refractivity contribution >= 4 is 23.1 Å². The molecule has 4 rings (SSSR count). The number of benzene rings is 2. The number of aromatic amines is 1. The Morgan fingerprint density at radius 2 is 2.04 bits per heavy atom. The number of nitrogens with zero attached hydrogens (tertiary/aromatic N) is 5. The van der Waals surface area contributed by atoms with Crippen LogP contribution in [0.25, 0.3) is 22.2 Å². The quantitative estimate of drug-likeness (QED) is 0.424. The monoisotopic (exact) mass is 369 g/mol. The molecule has 4 aromatic rings. The maximum absolute atomic E-state index is 12.3. The smallest absolute Gasteiger partial charge is 0.270 e. The van der Waals surface area contributed by atoms with Crippen molar-refractivity contribution < 1.29 is 0 Å². The van der Waals surface area contributed by atoms with E-state index in [-0.39, 0.29) is 11.5 Å². The van der Waals surface area contributed by atoms with E-state index in [1.807, 2.05) is 55.7 Å². The van der Waals surface area contributed by atoms with Gasteiger partial charge in [-0.1, -0.05) is 48.5 Å². The Kier molecular flexibility index (Phi) is 4.40. The molecule has 0 bridgehead atoms. The first kappa shape index (κ1) is 17.2. The zero-order valence-electron chi connectivity index (χ0n) is 14.9. The molecule has 0 saturated heterocycles. The highest BCUT2D eigenvalue weighted by Gasteiger charge is 2.12. The van der Waals surface area contributed by atoms with E-state index >= 15 is 0 Å². The molecular formula is C20H15N7O. The number of anilines is 1. The molecule has 0 aliphatic heterocycles. The summed E-state index contributed by atoms with van der Waals surface area (Å²) in [6.45, 7) is 0. The minimum absolute atomic E-state index is 0.0426. The molecule has 8 nitrogen and oxygen atoms in total. The summed E-state index contributed by atoms with van der Waals surface area (Å²) < 4.78 is 1.74. The average molecular weight is 369 g/mol. The van der Waals surface area contributed by atoms with Gasteiger partial charge >= 0.3 is 0 Å². The number of hydrazone groups is 1. The van der Waals surface area contributed by atoms with Gasteiger partial charge < -0.3 is 0 Å². The molecule has 0 amide bonds. The first-order chi connectivity index (χ1) is 13.7. The van der Waals surface area contributed by atoms with Crippen LogP contribution in [0.1, 0.15) is 11.1 Å². The van der Waals surface area contributed by atoms with Gasteiger partial charge in [-0.05, 0) is 0 Å². The van der Waals surface area contributed by atoms with Gasteiger partial charge in [-0.3, -0.25) is 14.5 Å². The van der Waals surface area contributed by atoms with Crippen LogP contribution in [0.15, 0.2) is 64.6 Å². The van der Waals surface area contributed by atoms with E-state index in [0.717, 1.165) is 16.5 Å². The number of fused-ring (bicyclic) bond motifs is 1. The molecule has 8 heteroatoms. The van der Waals surface area contributed by atoms with Crippen LogP contribution in [0.5, 0.6) is 0 Å². The van der Waals surface area contributed by atoms with Crippen molar-refractivity contribution in [1.29, 1.82) is 5.26 Å². The third kappa shape index (κ3) is 3.24. The number of aromatic nitrogens is 4. The summed E-state index contributed by atoms with van der Waals surface area (Å²) in [5, 5.41) is 18.9. The van der Waals surface area contributed by atoms with Gasteiger partial charge in [-0.2, -0.15) is 15.5 Å². The molecule has 0 radical (unpaired) electrons. The summed E-state index contributed by atoms with van der Waals surface area (Å²) in [4.78, 5) is 19.1. The molecular weight excluding hydrogens is 354 g/mol. The highest BCUT2D eigenvalue weighted by Crippen LogP contribution is 2.19. The molecule has 2 N–H and O–H groups in total. The molecule has 0 aliphatic carbocycles. The number of hydrogen-bond donors (Lipinski definition) is 2. The zero-order valence-corrected chi connectivity index (χ0v) is 14.9. The van der Waals surface area contributed by atoms with Gasteiger partial charge in [0, 0.05) is 29.8 Å². The average Bonchev–Trinajstić information content (AvgIpc) is 3.09. The Bertz CT molecular complexity index is 1280. The second-order valence-corrected chi connectivity index (χ2v) is 6.07. The molecule has 0 unspecified atom stereocenters. The van der Waals surface area contributed by atoms with E-state index in [2.05, 4.69) is 25.6 Å². The zero-order chi connectivity index (χ0) is 19.5. The van der Waals surface area contributed by atoms with E-state index < -0.39 is 5.56 Å². The summed E-state index contributed by atoms with van der Waals surface area (Å²) in [5.74, 6) is 0.146. The van der Waals surface area contributed by atoms with Crippen molar-refractivity contribution in [1.82, 2.24) is 19.7 Å². The number of H-pyrrole nitrogens is 1. The SMILES string of the molecule is Cn1cc2cccc(C=NNc3nc(-c4ccccc4)c(C#N)c(=O)[nH]3)c2n1. The lowest BCUT2D eigenvalue weighted by Gasteiger charge is -2.06. The topological polar surface area (TPSA) is 112 Å². The van der Waals surface area contributed by atoms with Gasteiger partial charge in [0.05, 0.1) is 11.9 Å². The van der Waals surface area contributed by atoms with Crippen LogP contribution in [-0.2, 0) is 7.05 Å². The maximum Gasteiger partial charge on any atom is 0.270 e. The largest absolute Gasteiger partial charge is 0.290 e. The van der Waals surface area contributed by atoms with Crippen LogP contribution in [0.3, 0.4) is 0 Å². The molecule has 0 spiro atoms. The number of nitrogens with one attached hydrogen (secondary N) is 2. The second-order valence-electron chi connectivity index (χ2n) is 6.07. The minimum atomic E-state index is -0.527. The van der Waals surface area contributed by atoms with Crippen molar-refractivity contribution in [3.63, 3.8) is 0 Å². The summed E-state index contributed by atoms with van der Waals surface area (Å²) in [7, 11) is 1.86. The van der Waals surface area contributed by atoms with E-state index in [4.69, 9.17) is 0 Å². The van der Waals surface area contributed by atoms with Crippen molar-refractivity contribution in [3.05, 3.63) is 76.2 Å². The lowest BCUT2D eigenvalue weighted by Crippen LogP contribution is -2.16. The number of nitriles is 1. The van der Waals surface area contributed by atoms with Gasteiger partial charge in [0.25, 0.3) is 5.56 Å². The predicted octanol–water partition coefficient (Wildman–Crippen LogP) is 2.64. The normalized spacial score (nSPS) is 11.0. The Hall–Kier alpha value is -4.25. The minimum Gasteiger partial charge on any atom is -0.290 e. The van der Waals surface area contributed by atoms with Crippen LogP contribution in [0, 0.1) is 11.3 Å². The Labute approximate surface area is 159 Å². The molecule has 0 aliphatic rings. The fourth-order valence-corrected chi connectivity index (χ4v) is 2.89. The fourth-order valence-electron chi connectivity index (χ4n) is 2.89. The maximum atomic E-state index is 12.3. The van der Waals surface area contributed by atoms with Crippen molar-refractivity contribution in [2.45, 2.75) is 0 Å². The second kappa shape index (κ2) is 7.17. The van der Waals surface area contributed by atoms with E-state index in [1.54, 1.807) is 23.0 Å². The van der Waals surface area contributed by atoms with Gasteiger partial charge in [0.2, 0.25) is 5.95 Å². The van der Waals surface area contributed by atoms with E-state index in [0.29, 0.717) is 11.3 Å². The number of rotatable bonds is 4. The van der Waals surface area contributed by atoms with E-state index in [9.17, 15) is 10.1 Å². The van der Waals surface area contributed by atoms with Gasteiger partial charge in [-0.25, -0.2) is 10.4 Å². The molecule has 136 valence electrons. The Balaban J connectivity index is 1.67. The number of hydrogen-bond acceptors (Lipinski definition) is 6. The van der Waals surface area contributed by atoms with Crippen LogP contribution in [0.2, 0.25) is 0 Å². The van der Waals surface area contributed by atoms with Crippen molar-refractivity contribution in [3.8, 4) is 17.3 Å². The molecule has 2 aromatic heterocycles. The lowest BCUT2D eigenvalue weighted by atomic mass is 10.1. The standard InChI is InChI=1S/C20H15N7O/c1-27-12-15-9-5-8-14(17(15)26-27)11-22-25-20-23-18(13-6-3-2-4-7-13)16(10-21)19(28)24-20/h2-9,11-12H,1H3,(H2,23,24,25,28). The molecule has 2 aromatic carbocycles. The van der Waals surface area contributed by atoms with Crippen LogP contribution < -0.4 is 11.0 Å². The Morgan fingerprint density at radius 3 is 2.82 bits per heavy atom. The predicted molar refractivity (Wildman–Crippen MR) is 107 cm³/mol. The van der Waals surface area contributed by atoms with Crippen molar-refractivity contribution in [2.75, 3.05) is 5.43 Å². The first-order valence-electron chi connectivity index (χ1n) is 8.47. The highest BCUT2D eigenvalue weighted by molar-refractivity contribution is 5.97. The molecule has 0 atom stereocenters. The van der Waals surface area contributed by atoms with Gasteiger partial charge in [-0.15, -0.1) is 0 Å². The molecule has 28 heavy (non-hydrogen) atoms. The molecule has 0 fully saturated rings. The lowest BCUT2D eigenvalue weighted by molar-refractivity contribution is 0.779. The summed E-state index contributed by atoms with van der Waals surface area (Å²) in [6, 6.07) is 16.8. The van der Waals surface area contributed by atoms with E-state index in [1.165, 1.54) is 0 Å². The van der Waals surface area contributed by atoms with Gasteiger partial charge in [0.15, 0.2) is 0 Å². The highest BCUT2D eigenvalue weighted by atomic mass is 16.1. The summed E-state index contributed by atoms with van der Waals surface area (Å²) >= 11 is 0. The summed E-state index contributed by atoms with van der Waals surface area (Å²) in [5.41, 5.74) is 4.78. The van der Waals surface area contributed by atoms with Crippen LogP contribution >= 0.6 is 0 Å². The van der Waals surface area contributed by atoms with Crippen LogP contribution in [-0.4, -0.2) is 26.0 Å². The summed E-state index contributed by atoms with van der Waals surface area (Å²) in [6.07, 6.45) is 3.53. The third-order valence-corrected chi connectivity index (χ3v) is 4.13. The third-order valence-electron chi connectivity index (χ3n) is 4.13. The molecule has 0 saturated carbocycles. The number of aryl methyl sites for hydroxylation is 1. The van der Waals surface area contributed by atoms with Gasteiger partial charge in [0.1, 0.15) is 17.1 Å².